The Labute approximate surface area is 62.7 Å². The van der Waals surface area contributed by atoms with Crippen molar-refractivity contribution in [1.82, 2.24) is 4.90 Å². The molecule has 3 nitrogen and oxygen atoms in total. The van der Waals surface area contributed by atoms with E-state index < -0.39 is 0 Å². The van der Waals surface area contributed by atoms with E-state index in [9.17, 15) is 0 Å². The highest BCUT2D eigenvalue weighted by atomic mass is 15.1. The lowest BCUT2D eigenvalue weighted by Gasteiger charge is -2.30. The predicted molar refractivity (Wildman–Crippen MR) is 43.5 cm³/mol. The lowest BCUT2D eigenvalue weighted by Crippen LogP contribution is -2.52. The van der Waals surface area contributed by atoms with Gasteiger partial charge < -0.3 is 4.90 Å². The summed E-state index contributed by atoms with van der Waals surface area (Å²) >= 11 is 0. The van der Waals surface area contributed by atoms with Gasteiger partial charge in [0.25, 0.3) is 0 Å². The molecule has 0 saturated heterocycles. The van der Waals surface area contributed by atoms with Gasteiger partial charge in [-0.05, 0) is 27.9 Å². The molecule has 0 atom stereocenters. The minimum Gasteiger partial charge on any atom is -0.304 e. The number of nitrogens with zero attached hydrogens (tertiary/aromatic N) is 1. The Morgan fingerprint density at radius 2 is 1.90 bits per heavy atom. The van der Waals surface area contributed by atoms with Gasteiger partial charge in [0.05, 0.1) is 6.42 Å². The fraction of sp³-hybridized carbons (Fsp3) is 0.857. The van der Waals surface area contributed by atoms with E-state index >= 15 is 0 Å². The van der Waals surface area contributed by atoms with Gasteiger partial charge in [-0.3, -0.25) is 11.1 Å². The molecule has 0 amide bonds. The second kappa shape index (κ2) is 3.01. The minimum absolute atomic E-state index is 0.0683. The minimum atomic E-state index is 0.0683. The van der Waals surface area contributed by atoms with Crippen molar-refractivity contribution < 1.29 is 5.41 Å². The number of hydrogen-bond acceptors (Lipinski definition) is 1. The van der Waals surface area contributed by atoms with Gasteiger partial charge in [0.2, 0.25) is 5.84 Å². The van der Waals surface area contributed by atoms with Crippen molar-refractivity contribution in [2.75, 3.05) is 14.1 Å². The first-order valence-electron chi connectivity index (χ1n) is 3.40. The summed E-state index contributed by atoms with van der Waals surface area (Å²) < 4.78 is 0. The Balaban J connectivity index is 3.99. The third-order valence-electron chi connectivity index (χ3n) is 1.85. The van der Waals surface area contributed by atoms with Crippen LogP contribution in [0.5, 0.6) is 0 Å². The molecule has 0 heterocycles. The van der Waals surface area contributed by atoms with Gasteiger partial charge >= 0.3 is 0 Å². The zero-order chi connectivity index (χ0) is 8.36. The summed E-state index contributed by atoms with van der Waals surface area (Å²) in [5.74, 6) is 0.499. The molecule has 0 aliphatic carbocycles. The third kappa shape index (κ3) is 2.82. The molecule has 4 N–H and O–H groups in total. The van der Waals surface area contributed by atoms with Crippen LogP contribution in [-0.2, 0) is 0 Å². The van der Waals surface area contributed by atoms with Crippen molar-refractivity contribution >= 4 is 5.84 Å². The average molecular weight is 144 g/mol. The summed E-state index contributed by atoms with van der Waals surface area (Å²) in [6.45, 7) is 4.21. The molecule has 0 rings (SSSR count). The molecule has 0 spiro atoms. The highest BCUT2D eigenvalue weighted by molar-refractivity contribution is 5.74. The van der Waals surface area contributed by atoms with E-state index in [1.54, 1.807) is 0 Å². The van der Waals surface area contributed by atoms with Crippen molar-refractivity contribution in [2.45, 2.75) is 25.8 Å². The van der Waals surface area contributed by atoms with Crippen LogP contribution in [0.15, 0.2) is 0 Å². The van der Waals surface area contributed by atoms with Gasteiger partial charge in [0, 0.05) is 5.54 Å². The first kappa shape index (κ1) is 9.43. The molecular weight excluding hydrogens is 126 g/mol. The summed E-state index contributed by atoms with van der Waals surface area (Å²) in [6, 6.07) is 0. The van der Waals surface area contributed by atoms with Crippen molar-refractivity contribution in [3.05, 3.63) is 0 Å². The van der Waals surface area contributed by atoms with Crippen LogP contribution in [0.2, 0.25) is 0 Å². The van der Waals surface area contributed by atoms with Gasteiger partial charge in [-0.2, -0.15) is 0 Å². The summed E-state index contributed by atoms with van der Waals surface area (Å²) in [6.07, 6.45) is 0.736. The zero-order valence-corrected chi connectivity index (χ0v) is 7.31. The molecule has 0 aromatic carbocycles. The molecule has 60 valence electrons. The van der Waals surface area contributed by atoms with Gasteiger partial charge in [-0.25, -0.2) is 0 Å². The molecule has 0 aliphatic heterocycles. The van der Waals surface area contributed by atoms with Crippen LogP contribution in [0.3, 0.4) is 0 Å². The van der Waals surface area contributed by atoms with Crippen molar-refractivity contribution in [2.24, 2.45) is 5.73 Å². The van der Waals surface area contributed by atoms with E-state index in [1.807, 2.05) is 14.1 Å². The molecule has 0 aromatic rings. The topological polar surface area (TPSA) is 54.8 Å². The first-order valence-corrected chi connectivity index (χ1v) is 3.40. The largest absolute Gasteiger partial charge is 0.304 e. The highest BCUT2D eigenvalue weighted by Gasteiger charge is 2.23. The van der Waals surface area contributed by atoms with E-state index in [1.165, 1.54) is 0 Å². The SMILES string of the molecule is CN(C)C(C)(C)CC(N)=[NH2+]. The molecule has 0 aliphatic rings. The van der Waals surface area contributed by atoms with E-state index in [4.69, 9.17) is 11.1 Å². The van der Waals surface area contributed by atoms with Crippen LogP contribution in [0.1, 0.15) is 20.3 Å². The second-order valence-corrected chi connectivity index (χ2v) is 3.46. The van der Waals surface area contributed by atoms with Gasteiger partial charge in [0.15, 0.2) is 0 Å². The lowest BCUT2D eigenvalue weighted by molar-refractivity contribution is -0.120. The summed E-state index contributed by atoms with van der Waals surface area (Å²) in [7, 11) is 4.03. The van der Waals surface area contributed by atoms with Crippen LogP contribution in [-0.4, -0.2) is 30.4 Å². The van der Waals surface area contributed by atoms with Crippen molar-refractivity contribution in [3.63, 3.8) is 0 Å². The van der Waals surface area contributed by atoms with E-state index in [0.29, 0.717) is 5.84 Å². The smallest absolute Gasteiger partial charge is 0.240 e. The molecule has 0 unspecified atom stereocenters. The van der Waals surface area contributed by atoms with Crippen molar-refractivity contribution in [1.29, 1.82) is 0 Å². The van der Waals surface area contributed by atoms with E-state index in [2.05, 4.69) is 18.7 Å². The molecule has 3 heteroatoms. The highest BCUT2D eigenvalue weighted by Crippen LogP contribution is 2.13. The Morgan fingerprint density at radius 1 is 1.50 bits per heavy atom. The second-order valence-electron chi connectivity index (χ2n) is 3.46. The van der Waals surface area contributed by atoms with Crippen LogP contribution >= 0.6 is 0 Å². The molecule has 0 fully saturated rings. The average Bonchev–Trinajstić information content (AvgIpc) is 1.60. The van der Waals surface area contributed by atoms with Gasteiger partial charge in [0.1, 0.15) is 0 Å². The van der Waals surface area contributed by atoms with E-state index in [0.717, 1.165) is 6.42 Å². The summed E-state index contributed by atoms with van der Waals surface area (Å²) in [5, 5.41) is 5.38. The van der Waals surface area contributed by atoms with Gasteiger partial charge in [-0.1, -0.05) is 0 Å². The van der Waals surface area contributed by atoms with E-state index in [-0.39, 0.29) is 5.54 Å². The standard InChI is InChI=1S/C7H17N3/c1-7(2,10(3)4)5-6(8)9/h5H2,1-4H3,(H3,8,9)/p+1. The van der Waals surface area contributed by atoms with Crippen LogP contribution in [0, 0.1) is 0 Å². The summed E-state index contributed by atoms with van der Waals surface area (Å²) in [4.78, 5) is 2.10. The first-order chi connectivity index (χ1) is 4.36. The maximum atomic E-state index is 5.38. The molecule has 10 heavy (non-hydrogen) atoms. The Bertz CT molecular complexity index is 127. The number of rotatable bonds is 3. The molecule has 0 bridgehead atoms. The third-order valence-corrected chi connectivity index (χ3v) is 1.85. The number of hydrogen-bond donors (Lipinski definition) is 2. The maximum absolute atomic E-state index is 5.38. The Morgan fingerprint density at radius 3 is 2.00 bits per heavy atom. The lowest BCUT2D eigenvalue weighted by atomic mass is 9.99. The summed E-state index contributed by atoms with van der Waals surface area (Å²) in [5.41, 5.74) is 5.45. The Hall–Kier alpha value is -0.570. The predicted octanol–water partition coefficient (Wildman–Crippen LogP) is -1.17. The fourth-order valence-electron chi connectivity index (χ4n) is 0.658. The van der Waals surface area contributed by atoms with Crippen LogP contribution in [0.25, 0.3) is 0 Å². The Kier molecular flexibility index (Phi) is 2.84. The monoisotopic (exact) mass is 144 g/mol. The van der Waals surface area contributed by atoms with Gasteiger partial charge in [-0.15, -0.1) is 0 Å². The zero-order valence-electron chi connectivity index (χ0n) is 7.31. The van der Waals surface area contributed by atoms with Crippen LogP contribution < -0.4 is 11.1 Å². The molecular formula is C7H18N3+. The number of amidine groups is 1. The molecule has 0 aromatic heterocycles. The molecule has 0 saturated carbocycles. The quantitative estimate of drug-likeness (QED) is 0.387. The number of nitrogens with two attached hydrogens (primary N) is 2. The normalized spacial score (nSPS) is 12.1. The van der Waals surface area contributed by atoms with Crippen LogP contribution in [0.4, 0.5) is 0 Å². The fourth-order valence-corrected chi connectivity index (χ4v) is 0.658. The maximum Gasteiger partial charge on any atom is 0.240 e. The van der Waals surface area contributed by atoms with Crippen molar-refractivity contribution in [3.8, 4) is 0 Å². The molecule has 0 radical (unpaired) electrons.